The first-order chi connectivity index (χ1) is 9.69. The SMILES string of the molecule is CCCN(CC(=O)O)Cc1cnc(-c2ccccc2)s1. The highest BCUT2D eigenvalue weighted by Gasteiger charge is 2.12. The molecule has 0 radical (unpaired) electrons. The fourth-order valence-corrected chi connectivity index (χ4v) is 3.00. The summed E-state index contributed by atoms with van der Waals surface area (Å²) >= 11 is 1.62. The van der Waals surface area contributed by atoms with Gasteiger partial charge in [0.2, 0.25) is 0 Å². The molecule has 2 rings (SSSR count). The van der Waals surface area contributed by atoms with E-state index >= 15 is 0 Å². The summed E-state index contributed by atoms with van der Waals surface area (Å²) in [6, 6.07) is 10.0. The third kappa shape index (κ3) is 4.15. The minimum atomic E-state index is -0.786. The molecule has 5 heteroatoms. The van der Waals surface area contributed by atoms with Crippen LogP contribution >= 0.6 is 11.3 Å². The van der Waals surface area contributed by atoms with Gasteiger partial charge in [-0.25, -0.2) is 4.98 Å². The lowest BCUT2D eigenvalue weighted by atomic mass is 10.2. The number of carboxylic acid groups (broad SMARTS) is 1. The molecule has 0 aliphatic heterocycles. The molecular formula is C15H18N2O2S. The molecule has 1 aromatic heterocycles. The highest BCUT2D eigenvalue weighted by atomic mass is 32.1. The van der Waals surface area contributed by atoms with Crippen molar-refractivity contribution in [1.29, 1.82) is 0 Å². The van der Waals surface area contributed by atoms with Crippen molar-refractivity contribution in [1.82, 2.24) is 9.88 Å². The van der Waals surface area contributed by atoms with Crippen molar-refractivity contribution in [2.75, 3.05) is 13.1 Å². The van der Waals surface area contributed by atoms with E-state index in [0.717, 1.165) is 28.4 Å². The zero-order chi connectivity index (χ0) is 14.4. The Morgan fingerprint density at radius 1 is 1.35 bits per heavy atom. The molecule has 0 bridgehead atoms. The van der Waals surface area contributed by atoms with Gasteiger partial charge in [-0.1, -0.05) is 37.3 Å². The molecule has 0 fully saturated rings. The van der Waals surface area contributed by atoms with E-state index < -0.39 is 5.97 Å². The molecule has 0 spiro atoms. The van der Waals surface area contributed by atoms with Gasteiger partial charge in [0.25, 0.3) is 0 Å². The van der Waals surface area contributed by atoms with E-state index in [2.05, 4.69) is 11.9 Å². The molecule has 0 aliphatic rings. The summed E-state index contributed by atoms with van der Waals surface area (Å²) in [5.74, 6) is -0.786. The van der Waals surface area contributed by atoms with Crippen molar-refractivity contribution in [3.05, 3.63) is 41.4 Å². The van der Waals surface area contributed by atoms with Crippen LogP contribution in [0.25, 0.3) is 10.6 Å². The molecule has 106 valence electrons. The molecule has 0 saturated heterocycles. The molecule has 0 aliphatic carbocycles. The van der Waals surface area contributed by atoms with Crippen LogP contribution in [0.1, 0.15) is 18.2 Å². The number of benzene rings is 1. The monoisotopic (exact) mass is 290 g/mol. The Morgan fingerprint density at radius 2 is 2.10 bits per heavy atom. The van der Waals surface area contributed by atoms with Gasteiger partial charge in [-0.2, -0.15) is 0 Å². The van der Waals surface area contributed by atoms with Crippen LogP contribution in [0.15, 0.2) is 36.5 Å². The second-order valence-corrected chi connectivity index (χ2v) is 5.72. The van der Waals surface area contributed by atoms with Gasteiger partial charge >= 0.3 is 5.97 Å². The Morgan fingerprint density at radius 3 is 2.75 bits per heavy atom. The van der Waals surface area contributed by atoms with Crippen LogP contribution in [0.5, 0.6) is 0 Å². The van der Waals surface area contributed by atoms with Crippen LogP contribution in [-0.4, -0.2) is 34.0 Å². The van der Waals surface area contributed by atoms with Crippen molar-refractivity contribution >= 4 is 17.3 Å². The molecule has 2 aromatic rings. The second kappa shape index (κ2) is 7.17. The number of carboxylic acids is 1. The van der Waals surface area contributed by atoms with Crippen LogP contribution in [0, 0.1) is 0 Å². The first-order valence-electron chi connectivity index (χ1n) is 6.63. The van der Waals surface area contributed by atoms with E-state index in [4.69, 9.17) is 5.11 Å². The highest BCUT2D eigenvalue weighted by molar-refractivity contribution is 7.15. The number of carbonyl (C=O) groups is 1. The van der Waals surface area contributed by atoms with Crippen LogP contribution in [0.3, 0.4) is 0 Å². The summed E-state index contributed by atoms with van der Waals surface area (Å²) in [5.41, 5.74) is 1.10. The van der Waals surface area contributed by atoms with E-state index in [-0.39, 0.29) is 6.54 Å². The van der Waals surface area contributed by atoms with Gasteiger partial charge in [-0.15, -0.1) is 11.3 Å². The maximum Gasteiger partial charge on any atom is 0.317 e. The van der Waals surface area contributed by atoms with Gasteiger partial charge in [0, 0.05) is 23.2 Å². The van der Waals surface area contributed by atoms with Crippen molar-refractivity contribution < 1.29 is 9.90 Å². The van der Waals surface area contributed by atoms with Crippen molar-refractivity contribution in [2.24, 2.45) is 0 Å². The van der Waals surface area contributed by atoms with E-state index in [1.807, 2.05) is 41.4 Å². The van der Waals surface area contributed by atoms with Crippen LogP contribution in [0.4, 0.5) is 0 Å². The number of nitrogens with zero attached hydrogens (tertiary/aromatic N) is 2. The maximum atomic E-state index is 10.8. The van der Waals surface area contributed by atoms with Gasteiger partial charge in [-0.05, 0) is 13.0 Å². The minimum Gasteiger partial charge on any atom is -0.480 e. The molecule has 0 atom stereocenters. The zero-order valence-corrected chi connectivity index (χ0v) is 12.3. The highest BCUT2D eigenvalue weighted by Crippen LogP contribution is 2.25. The normalized spacial score (nSPS) is 10.9. The zero-order valence-electron chi connectivity index (χ0n) is 11.5. The quantitative estimate of drug-likeness (QED) is 0.851. The summed E-state index contributed by atoms with van der Waals surface area (Å²) in [6.07, 6.45) is 2.79. The van der Waals surface area contributed by atoms with Crippen molar-refractivity contribution in [3.8, 4) is 10.6 Å². The Bertz CT molecular complexity index is 554. The average Bonchev–Trinajstić information content (AvgIpc) is 2.88. The van der Waals surface area contributed by atoms with E-state index in [0.29, 0.717) is 6.54 Å². The summed E-state index contributed by atoms with van der Waals surface area (Å²) < 4.78 is 0. The summed E-state index contributed by atoms with van der Waals surface area (Å²) in [4.78, 5) is 18.3. The first-order valence-corrected chi connectivity index (χ1v) is 7.45. The largest absolute Gasteiger partial charge is 0.480 e. The van der Waals surface area contributed by atoms with Crippen molar-refractivity contribution in [3.63, 3.8) is 0 Å². The number of aromatic nitrogens is 1. The fraction of sp³-hybridized carbons (Fsp3) is 0.333. The number of hydrogen-bond acceptors (Lipinski definition) is 4. The molecule has 0 unspecified atom stereocenters. The van der Waals surface area contributed by atoms with Gasteiger partial charge in [0.1, 0.15) is 5.01 Å². The molecular weight excluding hydrogens is 272 g/mol. The Kier molecular flexibility index (Phi) is 5.26. The maximum absolute atomic E-state index is 10.8. The standard InChI is InChI=1S/C15H18N2O2S/c1-2-8-17(11-14(18)19)10-13-9-16-15(20-13)12-6-4-3-5-7-12/h3-7,9H,2,8,10-11H2,1H3,(H,18,19). The topological polar surface area (TPSA) is 53.4 Å². The lowest BCUT2D eigenvalue weighted by Gasteiger charge is -2.17. The number of rotatable bonds is 7. The number of aliphatic carboxylic acids is 1. The number of hydrogen-bond donors (Lipinski definition) is 1. The summed E-state index contributed by atoms with van der Waals surface area (Å²) in [7, 11) is 0. The predicted molar refractivity (Wildman–Crippen MR) is 80.8 cm³/mol. The summed E-state index contributed by atoms with van der Waals surface area (Å²) in [6.45, 7) is 3.55. The van der Waals surface area contributed by atoms with Crippen LogP contribution in [0.2, 0.25) is 0 Å². The Balaban J connectivity index is 2.06. The molecule has 1 heterocycles. The van der Waals surface area contributed by atoms with Crippen LogP contribution in [-0.2, 0) is 11.3 Å². The molecule has 4 nitrogen and oxygen atoms in total. The third-order valence-corrected chi connectivity index (χ3v) is 3.88. The van der Waals surface area contributed by atoms with E-state index in [9.17, 15) is 4.79 Å². The first kappa shape index (κ1) is 14.7. The Hall–Kier alpha value is -1.72. The van der Waals surface area contributed by atoms with Gasteiger partial charge in [0.05, 0.1) is 6.54 Å². The smallest absolute Gasteiger partial charge is 0.317 e. The van der Waals surface area contributed by atoms with Gasteiger partial charge in [-0.3, -0.25) is 9.69 Å². The number of thiazole rings is 1. The molecule has 0 saturated carbocycles. The predicted octanol–water partition coefficient (Wildman–Crippen LogP) is 3.11. The van der Waals surface area contributed by atoms with Crippen LogP contribution < -0.4 is 0 Å². The average molecular weight is 290 g/mol. The fourth-order valence-electron chi connectivity index (χ4n) is 2.04. The molecule has 1 N–H and O–H groups in total. The second-order valence-electron chi connectivity index (χ2n) is 4.60. The van der Waals surface area contributed by atoms with Gasteiger partial charge in [0.15, 0.2) is 0 Å². The Labute approximate surface area is 122 Å². The molecule has 1 aromatic carbocycles. The third-order valence-electron chi connectivity index (χ3n) is 2.85. The van der Waals surface area contributed by atoms with E-state index in [1.165, 1.54) is 0 Å². The minimum absolute atomic E-state index is 0.0758. The lowest BCUT2D eigenvalue weighted by Crippen LogP contribution is -2.29. The lowest BCUT2D eigenvalue weighted by molar-refractivity contribution is -0.138. The van der Waals surface area contributed by atoms with Crippen molar-refractivity contribution in [2.45, 2.75) is 19.9 Å². The molecule has 20 heavy (non-hydrogen) atoms. The van der Waals surface area contributed by atoms with E-state index in [1.54, 1.807) is 11.3 Å². The molecule has 0 amide bonds. The van der Waals surface area contributed by atoms with Gasteiger partial charge < -0.3 is 5.11 Å². The summed E-state index contributed by atoms with van der Waals surface area (Å²) in [5, 5.41) is 9.90.